The molecule has 1 aromatic carbocycles. The van der Waals surface area contributed by atoms with Crippen LogP contribution in [0.5, 0.6) is 0 Å². The van der Waals surface area contributed by atoms with Gasteiger partial charge < -0.3 is 4.74 Å². The average Bonchev–Trinajstić information content (AvgIpc) is 2.90. The van der Waals surface area contributed by atoms with E-state index in [1.807, 2.05) is 0 Å². The van der Waals surface area contributed by atoms with Crippen molar-refractivity contribution >= 4 is 33.2 Å². The van der Waals surface area contributed by atoms with E-state index in [2.05, 4.69) is 9.62 Å². The van der Waals surface area contributed by atoms with E-state index in [9.17, 15) is 8.42 Å². The molecular weight excluding hydrogens is 347 g/mol. The lowest BCUT2D eigenvalue weighted by Gasteiger charge is -2.24. The van der Waals surface area contributed by atoms with Crippen LogP contribution in [0.25, 0.3) is 0 Å². The normalized spacial score (nSPS) is 19.7. The van der Waals surface area contributed by atoms with E-state index in [1.165, 1.54) is 12.1 Å². The number of nitrogens with zero attached hydrogens (tertiary/aromatic N) is 1. The van der Waals surface area contributed by atoms with Gasteiger partial charge in [-0.15, -0.1) is 0 Å². The number of likely N-dealkylation sites (tertiary alicyclic amines) is 1. The molecule has 0 unspecified atom stereocenters. The van der Waals surface area contributed by atoms with Crippen LogP contribution in [0.1, 0.15) is 12.8 Å². The maximum absolute atomic E-state index is 12.4. The molecule has 2 rings (SSSR count). The molecule has 1 atom stereocenters. The number of sulfonamides is 1. The second-order valence-electron chi connectivity index (χ2n) is 5.23. The molecule has 0 aliphatic carbocycles. The summed E-state index contributed by atoms with van der Waals surface area (Å²) >= 11 is 12.0. The van der Waals surface area contributed by atoms with Crippen molar-refractivity contribution in [1.82, 2.24) is 9.62 Å². The molecule has 1 fully saturated rings. The summed E-state index contributed by atoms with van der Waals surface area (Å²) in [5.41, 5.74) is 0. The Hall–Kier alpha value is -0.370. The fourth-order valence-corrected chi connectivity index (χ4v) is 4.86. The first-order valence-corrected chi connectivity index (χ1v) is 9.36. The summed E-state index contributed by atoms with van der Waals surface area (Å²) in [6, 6.07) is 4.82. The predicted molar refractivity (Wildman–Crippen MR) is 88.1 cm³/mol. The van der Waals surface area contributed by atoms with Crippen LogP contribution in [0.3, 0.4) is 0 Å². The zero-order valence-corrected chi connectivity index (χ0v) is 14.7. The number of hydrogen-bond donors (Lipinski definition) is 1. The minimum atomic E-state index is -3.72. The van der Waals surface area contributed by atoms with Crippen LogP contribution in [-0.2, 0) is 14.8 Å². The quantitative estimate of drug-likeness (QED) is 0.804. The SMILES string of the molecule is COCCN1CCC[C@@H]1CNS(=O)(=O)c1c(Cl)cccc1Cl. The third-order valence-electron chi connectivity index (χ3n) is 3.78. The van der Waals surface area contributed by atoms with Crippen LogP contribution >= 0.6 is 23.2 Å². The molecule has 1 aliphatic heterocycles. The summed E-state index contributed by atoms with van der Waals surface area (Å²) in [6.45, 7) is 2.74. The van der Waals surface area contributed by atoms with Crippen LogP contribution in [-0.4, -0.2) is 52.7 Å². The van der Waals surface area contributed by atoms with E-state index < -0.39 is 10.0 Å². The average molecular weight is 367 g/mol. The number of methoxy groups -OCH3 is 1. The summed E-state index contributed by atoms with van der Waals surface area (Å²) in [6.07, 6.45) is 2.02. The maximum atomic E-state index is 12.4. The topological polar surface area (TPSA) is 58.6 Å². The highest BCUT2D eigenvalue weighted by Crippen LogP contribution is 2.29. The van der Waals surface area contributed by atoms with Crippen LogP contribution < -0.4 is 4.72 Å². The molecule has 8 heteroatoms. The van der Waals surface area contributed by atoms with Gasteiger partial charge in [0.1, 0.15) is 4.90 Å². The monoisotopic (exact) mass is 366 g/mol. The maximum Gasteiger partial charge on any atom is 0.243 e. The molecule has 0 saturated carbocycles. The first kappa shape index (κ1) is 18.0. The highest BCUT2D eigenvalue weighted by atomic mass is 35.5. The standard InChI is InChI=1S/C14H20Cl2N2O3S/c1-21-9-8-18-7-3-4-11(18)10-17-22(19,20)14-12(15)5-2-6-13(14)16/h2,5-6,11,17H,3-4,7-10H2,1H3/t11-/m1/s1. The number of hydrogen-bond acceptors (Lipinski definition) is 4. The Morgan fingerprint density at radius 3 is 2.68 bits per heavy atom. The summed E-state index contributed by atoms with van der Waals surface area (Å²) < 4.78 is 32.6. The predicted octanol–water partition coefficient (Wildman–Crippen LogP) is 2.38. The zero-order chi connectivity index (χ0) is 16.2. The van der Waals surface area contributed by atoms with Gasteiger partial charge in [-0.05, 0) is 31.5 Å². The molecule has 5 nitrogen and oxygen atoms in total. The number of ether oxygens (including phenoxy) is 1. The van der Waals surface area contributed by atoms with Crippen LogP contribution in [0.15, 0.2) is 23.1 Å². The van der Waals surface area contributed by atoms with Crippen molar-refractivity contribution in [2.45, 2.75) is 23.8 Å². The van der Waals surface area contributed by atoms with E-state index in [0.717, 1.165) is 25.9 Å². The highest BCUT2D eigenvalue weighted by Gasteiger charge is 2.27. The third-order valence-corrected chi connectivity index (χ3v) is 6.16. The Morgan fingerprint density at radius 1 is 1.36 bits per heavy atom. The van der Waals surface area contributed by atoms with Gasteiger partial charge in [-0.3, -0.25) is 4.90 Å². The molecule has 1 aliphatic rings. The van der Waals surface area contributed by atoms with Crippen LogP contribution in [0, 0.1) is 0 Å². The molecule has 1 saturated heterocycles. The van der Waals surface area contributed by atoms with Crippen molar-refractivity contribution < 1.29 is 13.2 Å². The molecule has 0 radical (unpaired) electrons. The van der Waals surface area contributed by atoms with Crippen molar-refractivity contribution in [3.8, 4) is 0 Å². The number of nitrogens with one attached hydrogen (secondary N) is 1. The minimum absolute atomic E-state index is 0.0558. The Kier molecular flexibility index (Phi) is 6.49. The van der Waals surface area contributed by atoms with Crippen molar-refractivity contribution in [2.75, 3.05) is 33.4 Å². The second kappa shape index (κ2) is 7.95. The van der Waals surface area contributed by atoms with E-state index in [4.69, 9.17) is 27.9 Å². The molecule has 22 heavy (non-hydrogen) atoms. The van der Waals surface area contributed by atoms with E-state index in [-0.39, 0.29) is 21.0 Å². The zero-order valence-electron chi connectivity index (χ0n) is 12.4. The number of halogens is 2. The smallest absolute Gasteiger partial charge is 0.243 e. The van der Waals surface area contributed by atoms with Crippen LogP contribution in [0.4, 0.5) is 0 Å². The van der Waals surface area contributed by atoms with Crippen LogP contribution in [0.2, 0.25) is 10.0 Å². The van der Waals surface area contributed by atoms with E-state index in [1.54, 1.807) is 13.2 Å². The lowest BCUT2D eigenvalue weighted by molar-refractivity contribution is 0.141. The Morgan fingerprint density at radius 2 is 2.05 bits per heavy atom. The summed E-state index contributed by atoms with van der Waals surface area (Å²) in [4.78, 5) is 2.18. The van der Waals surface area contributed by atoms with Gasteiger partial charge >= 0.3 is 0 Å². The van der Waals surface area contributed by atoms with Gasteiger partial charge in [0.05, 0.1) is 16.7 Å². The largest absolute Gasteiger partial charge is 0.383 e. The van der Waals surface area contributed by atoms with Crippen molar-refractivity contribution in [3.63, 3.8) is 0 Å². The second-order valence-corrected chi connectivity index (χ2v) is 7.75. The molecule has 0 spiro atoms. The molecule has 124 valence electrons. The third kappa shape index (κ3) is 4.34. The van der Waals surface area contributed by atoms with Gasteiger partial charge in [-0.2, -0.15) is 0 Å². The Labute approximate surface area is 141 Å². The van der Waals surface area contributed by atoms with Crippen molar-refractivity contribution in [3.05, 3.63) is 28.2 Å². The van der Waals surface area contributed by atoms with Crippen molar-refractivity contribution in [2.24, 2.45) is 0 Å². The number of benzene rings is 1. The molecule has 0 aromatic heterocycles. The van der Waals surface area contributed by atoms with Gasteiger partial charge in [0.25, 0.3) is 0 Å². The van der Waals surface area contributed by atoms with Gasteiger partial charge in [0.2, 0.25) is 10.0 Å². The first-order valence-electron chi connectivity index (χ1n) is 7.12. The first-order chi connectivity index (χ1) is 10.5. The summed E-state index contributed by atoms with van der Waals surface area (Å²) in [5, 5.41) is 0.255. The summed E-state index contributed by atoms with van der Waals surface area (Å²) in [7, 11) is -2.06. The highest BCUT2D eigenvalue weighted by molar-refractivity contribution is 7.89. The lowest BCUT2D eigenvalue weighted by atomic mass is 10.2. The van der Waals surface area contributed by atoms with Gasteiger partial charge in [-0.1, -0.05) is 29.3 Å². The Balaban J connectivity index is 2.04. The molecule has 0 amide bonds. The van der Waals surface area contributed by atoms with Gasteiger partial charge in [0, 0.05) is 26.2 Å². The van der Waals surface area contributed by atoms with Gasteiger partial charge in [0.15, 0.2) is 0 Å². The van der Waals surface area contributed by atoms with Gasteiger partial charge in [-0.25, -0.2) is 13.1 Å². The summed E-state index contributed by atoms with van der Waals surface area (Å²) in [5.74, 6) is 0. The Bertz CT molecular complexity index is 590. The fraction of sp³-hybridized carbons (Fsp3) is 0.571. The van der Waals surface area contributed by atoms with Crippen molar-refractivity contribution in [1.29, 1.82) is 0 Å². The van der Waals surface area contributed by atoms with E-state index in [0.29, 0.717) is 13.2 Å². The fourth-order valence-electron chi connectivity index (χ4n) is 2.65. The lowest BCUT2D eigenvalue weighted by Crippen LogP contribution is -2.41. The molecule has 1 aromatic rings. The molecule has 0 bridgehead atoms. The molecule has 1 N–H and O–H groups in total. The molecular formula is C14H20Cl2N2O3S. The van der Waals surface area contributed by atoms with E-state index >= 15 is 0 Å². The minimum Gasteiger partial charge on any atom is -0.383 e. The molecule has 1 heterocycles. The number of rotatable bonds is 7.